The largest absolute Gasteiger partial charge is 0.398 e. The van der Waals surface area contributed by atoms with Crippen LogP contribution in [0, 0.1) is 11.3 Å². The van der Waals surface area contributed by atoms with E-state index < -0.39 is 13.9 Å². The molecule has 1 unspecified atom stereocenters. The summed E-state index contributed by atoms with van der Waals surface area (Å²) < 4.78 is 5.97. The molecule has 1 aromatic carbocycles. The fourth-order valence-corrected chi connectivity index (χ4v) is 3.28. The van der Waals surface area contributed by atoms with Gasteiger partial charge < -0.3 is 4.43 Å². The summed E-state index contributed by atoms with van der Waals surface area (Å²) in [6, 6.07) is 12.2. The van der Waals surface area contributed by atoms with Crippen LogP contribution in [0.25, 0.3) is 0 Å². The number of alkyl halides is 1. The quantitative estimate of drug-likeness (QED) is 0.604. The smallest absolute Gasteiger partial charge is 0.203 e. The Bertz CT molecular complexity index is 402. The van der Waals surface area contributed by atoms with Crippen LogP contribution in [0.5, 0.6) is 0 Å². The number of halogens is 1. The van der Waals surface area contributed by atoms with Crippen molar-refractivity contribution in [3.63, 3.8) is 0 Å². The summed E-state index contributed by atoms with van der Waals surface area (Å²) in [4.78, 5) is 0. The van der Waals surface area contributed by atoms with Crippen LogP contribution in [0.2, 0.25) is 13.1 Å². The summed E-state index contributed by atoms with van der Waals surface area (Å²) in [7, 11) is -1.94. The van der Waals surface area contributed by atoms with E-state index in [9.17, 15) is 5.26 Å². The maximum Gasteiger partial charge on any atom is 0.203 e. The van der Waals surface area contributed by atoms with E-state index in [4.69, 9.17) is 16.0 Å². The molecule has 0 aliphatic heterocycles. The summed E-state index contributed by atoms with van der Waals surface area (Å²) in [5, 5.41) is 9.31. The van der Waals surface area contributed by atoms with Gasteiger partial charge in [0.1, 0.15) is 5.60 Å². The lowest BCUT2D eigenvalue weighted by Gasteiger charge is -2.31. The van der Waals surface area contributed by atoms with E-state index in [2.05, 4.69) is 6.07 Å². The van der Waals surface area contributed by atoms with E-state index in [1.165, 1.54) is 0 Å². The topological polar surface area (TPSA) is 33.0 Å². The van der Waals surface area contributed by atoms with Gasteiger partial charge in [0.05, 0.1) is 6.07 Å². The Morgan fingerprint density at radius 3 is 2.41 bits per heavy atom. The van der Waals surface area contributed by atoms with Crippen molar-refractivity contribution in [2.75, 3.05) is 5.50 Å². The van der Waals surface area contributed by atoms with Crippen molar-refractivity contribution in [2.24, 2.45) is 0 Å². The summed E-state index contributed by atoms with van der Waals surface area (Å²) in [6.07, 6.45) is 0.595. The minimum Gasteiger partial charge on any atom is -0.398 e. The van der Waals surface area contributed by atoms with Crippen molar-refractivity contribution in [1.82, 2.24) is 0 Å². The highest BCUT2D eigenvalue weighted by atomic mass is 35.5. The molecule has 17 heavy (non-hydrogen) atoms. The van der Waals surface area contributed by atoms with E-state index in [1.807, 2.05) is 50.3 Å². The maximum absolute atomic E-state index is 9.31. The van der Waals surface area contributed by atoms with Gasteiger partial charge in [-0.25, -0.2) is 0 Å². The van der Waals surface area contributed by atoms with Crippen LogP contribution in [0.4, 0.5) is 0 Å². The second-order valence-corrected chi connectivity index (χ2v) is 9.79. The molecule has 0 aromatic heterocycles. The number of benzene rings is 1. The van der Waals surface area contributed by atoms with E-state index in [1.54, 1.807) is 0 Å². The van der Waals surface area contributed by atoms with Gasteiger partial charge in [0.2, 0.25) is 8.32 Å². The predicted molar refractivity (Wildman–Crippen MR) is 73.5 cm³/mol. The van der Waals surface area contributed by atoms with Crippen molar-refractivity contribution in [3.8, 4) is 6.07 Å². The van der Waals surface area contributed by atoms with Crippen molar-refractivity contribution in [3.05, 3.63) is 35.9 Å². The number of hydrogen-bond donors (Lipinski definition) is 0. The highest BCUT2D eigenvalue weighted by Crippen LogP contribution is 2.22. The molecule has 0 bridgehead atoms. The monoisotopic (exact) mass is 267 g/mol. The molecule has 1 rings (SSSR count). The molecule has 0 radical (unpaired) electrons. The summed E-state index contributed by atoms with van der Waals surface area (Å²) in [5.74, 6) is 0. The SMILES string of the molecule is CC(C#N)(Cc1ccccc1)O[Si](C)(C)CCl. The third kappa shape index (κ3) is 4.51. The molecule has 0 saturated heterocycles. The van der Waals surface area contributed by atoms with Gasteiger partial charge in [-0.15, -0.1) is 11.6 Å². The third-order valence-corrected chi connectivity index (χ3v) is 6.02. The van der Waals surface area contributed by atoms with Crippen LogP contribution in [-0.4, -0.2) is 19.4 Å². The molecule has 0 spiro atoms. The Labute approximate surface area is 109 Å². The Morgan fingerprint density at radius 1 is 1.35 bits per heavy atom. The fourth-order valence-electron chi connectivity index (χ4n) is 1.72. The van der Waals surface area contributed by atoms with Gasteiger partial charge in [-0.1, -0.05) is 30.3 Å². The van der Waals surface area contributed by atoms with Crippen LogP contribution < -0.4 is 0 Å². The van der Waals surface area contributed by atoms with Gasteiger partial charge in [0.15, 0.2) is 0 Å². The Balaban J connectivity index is 2.81. The van der Waals surface area contributed by atoms with Gasteiger partial charge in [0, 0.05) is 11.9 Å². The Hall–Kier alpha value is -0.823. The van der Waals surface area contributed by atoms with Gasteiger partial charge in [-0.05, 0) is 25.6 Å². The third-order valence-electron chi connectivity index (χ3n) is 2.44. The molecule has 1 atom stereocenters. The maximum atomic E-state index is 9.31. The molecule has 0 saturated carbocycles. The average molecular weight is 268 g/mol. The van der Waals surface area contributed by atoms with Gasteiger partial charge in [-0.3, -0.25) is 0 Å². The number of rotatable bonds is 5. The first-order valence-corrected chi connectivity index (χ1v) is 9.27. The van der Waals surface area contributed by atoms with Crippen molar-refractivity contribution >= 4 is 19.9 Å². The molecule has 2 nitrogen and oxygen atoms in total. The van der Waals surface area contributed by atoms with Crippen LogP contribution in [0.1, 0.15) is 12.5 Å². The zero-order valence-electron chi connectivity index (χ0n) is 10.5. The number of nitriles is 1. The number of hydrogen-bond acceptors (Lipinski definition) is 2. The highest BCUT2D eigenvalue weighted by Gasteiger charge is 2.34. The lowest BCUT2D eigenvalue weighted by atomic mass is 9.98. The van der Waals surface area contributed by atoms with Crippen molar-refractivity contribution in [1.29, 1.82) is 5.26 Å². The molecular weight excluding hydrogens is 250 g/mol. The summed E-state index contributed by atoms with van der Waals surface area (Å²) in [5.41, 5.74) is 0.821. The normalized spacial score (nSPS) is 15.0. The molecular formula is C13H18ClNOSi. The van der Waals surface area contributed by atoms with Crippen molar-refractivity contribution < 1.29 is 4.43 Å². The number of nitrogens with zero attached hydrogens (tertiary/aromatic N) is 1. The second-order valence-electron chi connectivity index (χ2n) is 5.00. The predicted octanol–water partition coefficient (Wildman–Crippen LogP) is 3.51. The first-order valence-electron chi connectivity index (χ1n) is 5.62. The summed E-state index contributed by atoms with van der Waals surface area (Å²) >= 11 is 5.89. The second kappa shape index (κ2) is 5.68. The Morgan fingerprint density at radius 2 is 1.94 bits per heavy atom. The molecule has 0 heterocycles. The molecule has 0 fully saturated rings. The summed E-state index contributed by atoms with van der Waals surface area (Å²) in [6.45, 7) is 5.89. The van der Waals surface area contributed by atoms with Gasteiger partial charge in [0.25, 0.3) is 0 Å². The fraction of sp³-hybridized carbons (Fsp3) is 0.462. The van der Waals surface area contributed by atoms with Gasteiger partial charge >= 0.3 is 0 Å². The molecule has 92 valence electrons. The molecule has 0 aliphatic carbocycles. The van der Waals surface area contributed by atoms with Gasteiger partial charge in [-0.2, -0.15) is 5.26 Å². The van der Waals surface area contributed by atoms with Crippen molar-refractivity contribution in [2.45, 2.75) is 32.0 Å². The highest BCUT2D eigenvalue weighted by molar-refractivity contribution is 6.77. The minimum absolute atomic E-state index is 0.499. The van der Waals surface area contributed by atoms with E-state index >= 15 is 0 Å². The van der Waals surface area contributed by atoms with E-state index in [-0.39, 0.29) is 0 Å². The molecule has 0 amide bonds. The van der Waals surface area contributed by atoms with Crippen LogP contribution >= 0.6 is 11.6 Å². The molecule has 1 aromatic rings. The van der Waals surface area contributed by atoms with E-state index in [0.29, 0.717) is 11.9 Å². The molecule has 4 heteroatoms. The lowest BCUT2D eigenvalue weighted by Crippen LogP contribution is -2.44. The zero-order valence-corrected chi connectivity index (χ0v) is 12.3. The molecule has 0 aliphatic rings. The van der Waals surface area contributed by atoms with Crippen LogP contribution in [0.3, 0.4) is 0 Å². The standard InChI is InChI=1S/C13H18ClNOSi/c1-13(10-15,16-17(2,3)11-14)9-12-7-5-4-6-8-12/h4-8H,9,11H2,1-3H3. The van der Waals surface area contributed by atoms with Crippen LogP contribution in [0.15, 0.2) is 30.3 Å². The first kappa shape index (κ1) is 14.2. The minimum atomic E-state index is -1.94. The van der Waals surface area contributed by atoms with Crippen LogP contribution in [-0.2, 0) is 10.8 Å². The zero-order chi connectivity index (χ0) is 12.9. The van der Waals surface area contributed by atoms with E-state index in [0.717, 1.165) is 5.56 Å². The Kier molecular flexibility index (Phi) is 4.76. The lowest BCUT2D eigenvalue weighted by molar-refractivity contribution is 0.140. The molecule has 0 N–H and O–H groups in total. The average Bonchev–Trinajstić information content (AvgIpc) is 2.29. The first-order chi connectivity index (χ1) is 7.91.